The molecule has 0 radical (unpaired) electrons. The first-order valence-corrected chi connectivity index (χ1v) is 9.36. The Bertz CT molecular complexity index is 1020. The molecule has 0 aliphatic carbocycles. The monoisotopic (exact) mass is 376 g/mol. The number of imidazole rings is 1. The normalized spacial score (nSPS) is 15.7. The topological polar surface area (TPSA) is 85.2 Å². The molecule has 6 nitrogen and oxygen atoms in total. The van der Waals surface area contributed by atoms with Crippen LogP contribution in [-0.4, -0.2) is 39.5 Å². The van der Waals surface area contributed by atoms with E-state index < -0.39 is 0 Å². The summed E-state index contributed by atoms with van der Waals surface area (Å²) in [6.07, 6.45) is 0. The molecule has 3 aromatic rings. The van der Waals surface area contributed by atoms with Gasteiger partial charge in [-0.15, -0.1) is 0 Å². The molecule has 2 aromatic carbocycles. The quantitative estimate of drug-likeness (QED) is 0.611. The number of hydrogen-bond donors (Lipinski definition) is 3. The van der Waals surface area contributed by atoms with E-state index in [4.69, 9.17) is 10.1 Å². The lowest BCUT2D eigenvalue weighted by Crippen LogP contribution is -2.34. The van der Waals surface area contributed by atoms with Gasteiger partial charge in [0.15, 0.2) is 0 Å². The van der Waals surface area contributed by atoms with Crippen LogP contribution < -0.4 is 4.74 Å². The molecule has 6 heteroatoms. The first kappa shape index (κ1) is 18.1. The van der Waals surface area contributed by atoms with Gasteiger partial charge < -0.3 is 19.7 Å². The van der Waals surface area contributed by atoms with Crippen molar-refractivity contribution in [1.82, 2.24) is 14.9 Å². The summed E-state index contributed by atoms with van der Waals surface area (Å²) in [6.45, 7) is 4.54. The van der Waals surface area contributed by atoms with E-state index in [1.54, 1.807) is 7.11 Å². The van der Waals surface area contributed by atoms with Crippen molar-refractivity contribution in [2.24, 2.45) is 5.92 Å². The zero-order valence-electron chi connectivity index (χ0n) is 16.2. The van der Waals surface area contributed by atoms with Gasteiger partial charge in [-0.2, -0.15) is 0 Å². The SMILES string of the molecule is COc1ccc([C@H](C(C)C)N2CC(O)=C(c3nc4ccccc4[nH]3)C2=N)cc1. The van der Waals surface area contributed by atoms with Gasteiger partial charge in [-0.25, -0.2) is 4.98 Å². The molecule has 0 bridgehead atoms. The number of ether oxygens (including phenoxy) is 1. The van der Waals surface area contributed by atoms with Crippen LogP contribution in [0.1, 0.15) is 31.3 Å². The van der Waals surface area contributed by atoms with E-state index >= 15 is 0 Å². The van der Waals surface area contributed by atoms with Crippen LogP contribution in [0.15, 0.2) is 54.3 Å². The van der Waals surface area contributed by atoms with Gasteiger partial charge >= 0.3 is 0 Å². The van der Waals surface area contributed by atoms with Crippen LogP contribution in [0, 0.1) is 11.3 Å². The first-order chi connectivity index (χ1) is 13.5. The van der Waals surface area contributed by atoms with Crippen molar-refractivity contribution >= 4 is 22.4 Å². The fourth-order valence-electron chi connectivity index (χ4n) is 3.88. The third kappa shape index (κ3) is 3.01. The number of aliphatic hydroxyl groups is 1. The predicted octanol–water partition coefficient (Wildman–Crippen LogP) is 4.53. The van der Waals surface area contributed by atoms with Crippen LogP contribution in [0.25, 0.3) is 16.6 Å². The molecule has 3 N–H and O–H groups in total. The fourth-order valence-corrected chi connectivity index (χ4v) is 3.88. The Kier molecular flexibility index (Phi) is 4.55. The van der Waals surface area contributed by atoms with Gasteiger partial charge in [0.2, 0.25) is 0 Å². The molecule has 0 amide bonds. The largest absolute Gasteiger partial charge is 0.510 e. The van der Waals surface area contributed by atoms with Crippen LogP contribution in [-0.2, 0) is 0 Å². The third-order valence-corrected chi connectivity index (χ3v) is 5.18. The number of aromatic amines is 1. The molecule has 0 saturated carbocycles. The Labute approximate surface area is 164 Å². The van der Waals surface area contributed by atoms with Crippen LogP contribution >= 0.6 is 0 Å². The molecule has 1 aromatic heterocycles. The van der Waals surface area contributed by atoms with E-state index in [1.165, 1.54) is 0 Å². The number of amidine groups is 1. The summed E-state index contributed by atoms with van der Waals surface area (Å²) < 4.78 is 5.26. The number of nitrogens with zero attached hydrogens (tertiary/aromatic N) is 2. The molecule has 0 unspecified atom stereocenters. The van der Waals surface area contributed by atoms with Crippen molar-refractivity contribution in [3.63, 3.8) is 0 Å². The smallest absolute Gasteiger partial charge is 0.145 e. The van der Waals surface area contributed by atoms with Gasteiger partial charge in [0.05, 0.1) is 36.3 Å². The highest BCUT2D eigenvalue weighted by atomic mass is 16.5. The molecular formula is C22H24N4O2. The first-order valence-electron chi connectivity index (χ1n) is 9.36. The van der Waals surface area contributed by atoms with E-state index in [0.717, 1.165) is 22.3 Å². The molecule has 144 valence electrons. The Balaban J connectivity index is 1.68. The molecule has 1 aliphatic heterocycles. The highest BCUT2D eigenvalue weighted by Gasteiger charge is 2.36. The minimum absolute atomic E-state index is 0.0394. The maximum atomic E-state index is 10.7. The summed E-state index contributed by atoms with van der Waals surface area (Å²) in [6, 6.07) is 15.6. The minimum Gasteiger partial charge on any atom is -0.510 e. The molecule has 0 spiro atoms. The molecule has 1 aliphatic rings. The third-order valence-electron chi connectivity index (χ3n) is 5.18. The zero-order chi connectivity index (χ0) is 19.8. The maximum Gasteiger partial charge on any atom is 0.145 e. The predicted molar refractivity (Wildman–Crippen MR) is 111 cm³/mol. The van der Waals surface area contributed by atoms with Gasteiger partial charge in [0.1, 0.15) is 23.2 Å². The van der Waals surface area contributed by atoms with Crippen molar-refractivity contribution in [3.8, 4) is 5.75 Å². The summed E-state index contributed by atoms with van der Waals surface area (Å²) in [5.41, 5.74) is 3.26. The molecule has 0 fully saturated rings. The number of nitrogens with one attached hydrogen (secondary N) is 2. The summed E-state index contributed by atoms with van der Waals surface area (Å²) >= 11 is 0. The van der Waals surface area contributed by atoms with Crippen LogP contribution in [0.4, 0.5) is 0 Å². The number of fused-ring (bicyclic) bond motifs is 1. The Morgan fingerprint density at radius 1 is 1.14 bits per heavy atom. The summed E-state index contributed by atoms with van der Waals surface area (Å²) in [7, 11) is 1.65. The van der Waals surface area contributed by atoms with Gasteiger partial charge in [-0.3, -0.25) is 5.41 Å². The van der Waals surface area contributed by atoms with Crippen molar-refractivity contribution in [2.75, 3.05) is 13.7 Å². The summed E-state index contributed by atoms with van der Waals surface area (Å²) in [5, 5.41) is 19.5. The highest BCUT2D eigenvalue weighted by molar-refractivity contribution is 6.23. The van der Waals surface area contributed by atoms with Crippen molar-refractivity contribution in [1.29, 1.82) is 5.41 Å². The summed E-state index contributed by atoms with van der Waals surface area (Å²) in [5.74, 6) is 2.03. The van der Waals surface area contributed by atoms with Crippen molar-refractivity contribution in [2.45, 2.75) is 19.9 Å². The van der Waals surface area contributed by atoms with Crippen LogP contribution in [0.5, 0.6) is 5.75 Å². The van der Waals surface area contributed by atoms with E-state index in [1.807, 2.05) is 53.4 Å². The van der Waals surface area contributed by atoms with E-state index in [2.05, 4.69) is 23.8 Å². The van der Waals surface area contributed by atoms with E-state index in [9.17, 15) is 5.11 Å². The number of methoxy groups -OCH3 is 1. The van der Waals surface area contributed by atoms with Crippen LogP contribution in [0.3, 0.4) is 0 Å². The molecule has 28 heavy (non-hydrogen) atoms. The number of para-hydroxylation sites is 2. The number of aliphatic hydroxyl groups excluding tert-OH is 1. The standard InChI is InChI=1S/C22H24N4O2/c1-13(2)20(14-8-10-15(28-3)11-9-14)26-12-18(27)19(21(26)23)22-24-16-6-4-5-7-17(16)25-22/h4-11,13,20,23,27H,12H2,1-3H3,(H,24,25)/t20-/m0/s1. The second-order valence-corrected chi connectivity index (χ2v) is 7.36. The van der Waals surface area contributed by atoms with Crippen molar-refractivity contribution in [3.05, 3.63) is 65.7 Å². The summed E-state index contributed by atoms with van der Waals surface area (Å²) in [4.78, 5) is 9.74. The Morgan fingerprint density at radius 3 is 2.50 bits per heavy atom. The number of aromatic nitrogens is 2. The maximum absolute atomic E-state index is 10.7. The lowest BCUT2D eigenvalue weighted by atomic mass is 9.94. The van der Waals surface area contributed by atoms with Crippen molar-refractivity contribution < 1.29 is 9.84 Å². The molecule has 4 rings (SSSR count). The minimum atomic E-state index is -0.0394. The van der Waals surface area contributed by atoms with Gasteiger partial charge in [0.25, 0.3) is 0 Å². The lowest BCUT2D eigenvalue weighted by Gasteiger charge is -2.33. The second-order valence-electron chi connectivity index (χ2n) is 7.36. The van der Waals surface area contributed by atoms with Gasteiger partial charge in [-0.05, 0) is 35.7 Å². The average molecular weight is 376 g/mol. The number of H-pyrrole nitrogens is 1. The molecule has 0 saturated heterocycles. The average Bonchev–Trinajstić information content (AvgIpc) is 3.22. The molecule has 1 atom stereocenters. The zero-order valence-corrected chi connectivity index (χ0v) is 16.2. The second kappa shape index (κ2) is 7.03. The van der Waals surface area contributed by atoms with E-state index in [-0.39, 0.29) is 23.6 Å². The highest BCUT2D eigenvalue weighted by Crippen LogP contribution is 2.37. The number of benzene rings is 2. The number of hydrogen-bond acceptors (Lipinski definition) is 4. The van der Waals surface area contributed by atoms with Gasteiger partial charge in [-0.1, -0.05) is 38.1 Å². The molecular weight excluding hydrogens is 352 g/mol. The Morgan fingerprint density at radius 2 is 1.86 bits per heavy atom. The van der Waals surface area contributed by atoms with E-state index in [0.29, 0.717) is 17.9 Å². The molecule has 2 heterocycles. The van der Waals surface area contributed by atoms with Gasteiger partial charge in [0, 0.05) is 0 Å². The van der Waals surface area contributed by atoms with Crippen LogP contribution in [0.2, 0.25) is 0 Å². The fraction of sp³-hybridized carbons (Fsp3) is 0.273. The number of rotatable bonds is 5. The Hall–Kier alpha value is -3.28. The lowest BCUT2D eigenvalue weighted by molar-refractivity contribution is 0.247.